The van der Waals surface area contributed by atoms with Crippen LogP contribution in [-0.4, -0.2) is 30.4 Å². The number of nitrogens with two attached hydrogens (primary N) is 1. The average molecular weight is 225 g/mol. The van der Waals surface area contributed by atoms with Gasteiger partial charge in [0.05, 0.1) is 6.04 Å². The van der Waals surface area contributed by atoms with Gasteiger partial charge in [0.2, 0.25) is 0 Å². The number of hydrogen-bond donors (Lipinski definition) is 2. The molecule has 0 aromatic heterocycles. The first-order chi connectivity index (χ1) is 7.61. The van der Waals surface area contributed by atoms with Crippen molar-refractivity contribution in [3.8, 4) is 0 Å². The molecule has 2 saturated carbocycles. The minimum Gasteiger partial charge on any atom is -0.295 e. The first-order valence-corrected chi connectivity index (χ1v) is 6.32. The molecule has 4 nitrogen and oxygen atoms in total. The molecule has 4 unspecified atom stereocenters. The summed E-state index contributed by atoms with van der Waals surface area (Å²) >= 11 is 0. The summed E-state index contributed by atoms with van der Waals surface area (Å²) in [6, 6.07) is -0.121. The third kappa shape index (κ3) is 2.23. The van der Waals surface area contributed by atoms with Crippen LogP contribution < -0.4 is 11.3 Å². The van der Waals surface area contributed by atoms with E-state index in [1.165, 1.54) is 25.7 Å². The lowest BCUT2D eigenvalue weighted by Crippen LogP contribution is -2.47. The Morgan fingerprint density at radius 1 is 1.50 bits per heavy atom. The number of nitrogens with one attached hydrogen (secondary N) is 1. The maximum Gasteiger partial charge on any atom is 0.250 e. The minimum atomic E-state index is -0.121. The van der Waals surface area contributed by atoms with Gasteiger partial charge in [0.25, 0.3) is 5.91 Å². The number of likely N-dealkylation sites (N-methyl/N-ethyl adjacent to an activating group) is 1. The Labute approximate surface area is 97.5 Å². The molecule has 1 amide bonds. The highest BCUT2D eigenvalue weighted by atomic mass is 16.2. The number of carbonyl (C=O) groups is 1. The van der Waals surface area contributed by atoms with Gasteiger partial charge in [-0.1, -0.05) is 6.42 Å². The maximum atomic E-state index is 11.4. The Morgan fingerprint density at radius 2 is 2.25 bits per heavy atom. The van der Waals surface area contributed by atoms with Crippen molar-refractivity contribution in [2.24, 2.45) is 23.6 Å². The van der Waals surface area contributed by atoms with Gasteiger partial charge in [-0.15, -0.1) is 0 Å². The van der Waals surface area contributed by atoms with Crippen molar-refractivity contribution in [1.29, 1.82) is 0 Å². The summed E-state index contributed by atoms with van der Waals surface area (Å²) in [4.78, 5) is 13.5. The number of carbonyl (C=O) groups excluding carboxylic acids is 1. The van der Waals surface area contributed by atoms with Crippen LogP contribution in [0.3, 0.4) is 0 Å². The lowest BCUT2D eigenvalue weighted by molar-refractivity contribution is -0.125. The summed E-state index contributed by atoms with van der Waals surface area (Å²) in [7, 11) is 2.02. The number of amides is 1. The zero-order valence-corrected chi connectivity index (χ0v) is 10.3. The van der Waals surface area contributed by atoms with Crippen LogP contribution in [0.2, 0.25) is 0 Å². The Balaban J connectivity index is 1.83. The zero-order chi connectivity index (χ0) is 11.7. The smallest absolute Gasteiger partial charge is 0.250 e. The summed E-state index contributed by atoms with van der Waals surface area (Å²) in [6.07, 6.45) is 5.63. The van der Waals surface area contributed by atoms with Crippen LogP contribution >= 0.6 is 0 Å². The SMILES string of the molecule is CC(C(=O)NN)N(C)CC1CC2CCC1C2. The molecule has 0 aromatic rings. The van der Waals surface area contributed by atoms with E-state index in [4.69, 9.17) is 5.84 Å². The highest BCUT2D eigenvalue weighted by Crippen LogP contribution is 2.48. The second-order valence-electron chi connectivity index (χ2n) is 5.56. The van der Waals surface area contributed by atoms with E-state index < -0.39 is 0 Å². The highest BCUT2D eigenvalue weighted by Gasteiger charge is 2.40. The van der Waals surface area contributed by atoms with E-state index in [1.807, 2.05) is 14.0 Å². The molecule has 0 radical (unpaired) electrons. The molecule has 92 valence electrons. The standard InChI is InChI=1S/C12H23N3O/c1-8(12(16)14-13)15(2)7-11-6-9-3-4-10(11)5-9/h8-11H,3-7,13H2,1-2H3,(H,14,16). The van der Waals surface area contributed by atoms with Crippen LogP contribution in [0.15, 0.2) is 0 Å². The monoisotopic (exact) mass is 225 g/mol. The van der Waals surface area contributed by atoms with Crippen LogP contribution in [0.1, 0.15) is 32.6 Å². The van der Waals surface area contributed by atoms with Crippen LogP contribution in [0.25, 0.3) is 0 Å². The lowest BCUT2D eigenvalue weighted by Gasteiger charge is -2.30. The van der Waals surface area contributed by atoms with Crippen molar-refractivity contribution in [2.45, 2.75) is 38.6 Å². The fourth-order valence-corrected chi connectivity index (χ4v) is 3.45. The van der Waals surface area contributed by atoms with Crippen molar-refractivity contribution in [3.05, 3.63) is 0 Å². The third-order valence-corrected chi connectivity index (χ3v) is 4.59. The molecule has 0 spiro atoms. The van der Waals surface area contributed by atoms with E-state index in [1.54, 1.807) is 0 Å². The summed E-state index contributed by atoms with van der Waals surface area (Å²) in [5.41, 5.74) is 2.22. The Morgan fingerprint density at radius 3 is 2.75 bits per heavy atom. The second kappa shape index (κ2) is 4.72. The number of hydrazine groups is 1. The maximum absolute atomic E-state index is 11.4. The van der Waals surface area contributed by atoms with Gasteiger partial charge in [0.15, 0.2) is 0 Å². The van der Waals surface area contributed by atoms with Gasteiger partial charge in [0.1, 0.15) is 0 Å². The van der Waals surface area contributed by atoms with Gasteiger partial charge in [-0.05, 0) is 51.0 Å². The number of fused-ring (bicyclic) bond motifs is 2. The van der Waals surface area contributed by atoms with E-state index in [0.717, 1.165) is 24.3 Å². The van der Waals surface area contributed by atoms with Gasteiger partial charge < -0.3 is 0 Å². The van der Waals surface area contributed by atoms with Crippen molar-refractivity contribution < 1.29 is 4.79 Å². The van der Waals surface area contributed by atoms with Crippen molar-refractivity contribution in [1.82, 2.24) is 10.3 Å². The van der Waals surface area contributed by atoms with Gasteiger partial charge in [-0.2, -0.15) is 0 Å². The number of hydrogen-bond acceptors (Lipinski definition) is 3. The van der Waals surface area contributed by atoms with Gasteiger partial charge >= 0.3 is 0 Å². The molecule has 4 atom stereocenters. The third-order valence-electron chi connectivity index (χ3n) is 4.59. The lowest BCUT2D eigenvalue weighted by atomic mass is 9.88. The number of nitrogens with zero attached hydrogens (tertiary/aromatic N) is 1. The van der Waals surface area contributed by atoms with Gasteiger partial charge in [-0.25, -0.2) is 5.84 Å². The molecular weight excluding hydrogens is 202 g/mol. The van der Waals surface area contributed by atoms with E-state index >= 15 is 0 Å². The molecule has 3 N–H and O–H groups in total. The van der Waals surface area contributed by atoms with Crippen LogP contribution in [0, 0.1) is 17.8 Å². The molecule has 0 saturated heterocycles. The minimum absolute atomic E-state index is 0.0920. The summed E-state index contributed by atoms with van der Waals surface area (Å²) in [5.74, 6) is 7.76. The molecule has 2 aliphatic rings. The molecular formula is C12H23N3O. The van der Waals surface area contributed by atoms with E-state index in [-0.39, 0.29) is 11.9 Å². The van der Waals surface area contributed by atoms with Gasteiger partial charge in [-0.3, -0.25) is 15.1 Å². The summed E-state index contributed by atoms with van der Waals surface area (Å²) in [5, 5.41) is 0. The van der Waals surface area contributed by atoms with E-state index in [2.05, 4.69) is 10.3 Å². The molecule has 4 heteroatoms. The molecule has 0 heterocycles. The molecule has 0 aromatic carbocycles. The Bertz CT molecular complexity index is 269. The first kappa shape index (κ1) is 11.9. The molecule has 16 heavy (non-hydrogen) atoms. The van der Waals surface area contributed by atoms with Crippen LogP contribution in [0.5, 0.6) is 0 Å². The zero-order valence-electron chi connectivity index (χ0n) is 10.3. The number of rotatable bonds is 4. The molecule has 2 rings (SSSR count). The summed E-state index contributed by atoms with van der Waals surface area (Å²) < 4.78 is 0. The quantitative estimate of drug-likeness (QED) is 0.421. The predicted octanol–water partition coefficient (Wildman–Crippen LogP) is 0.733. The molecule has 2 bridgehead atoms. The second-order valence-corrected chi connectivity index (χ2v) is 5.56. The van der Waals surface area contributed by atoms with Crippen LogP contribution in [-0.2, 0) is 4.79 Å². The topological polar surface area (TPSA) is 58.4 Å². The highest BCUT2D eigenvalue weighted by molar-refractivity contribution is 5.80. The van der Waals surface area contributed by atoms with E-state index in [9.17, 15) is 4.79 Å². The van der Waals surface area contributed by atoms with Gasteiger partial charge in [0, 0.05) is 6.54 Å². The van der Waals surface area contributed by atoms with Crippen molar-refractivity contribution in [2.75, 3.05) is 13.6 Å². The first-order valence-electron chi connectivity index (χ1n) is 6.32. The van der Waals surface area contributed by atoms with E-state index in [0.29, 0.717) is 0 Å². The molecule has 2 fully saturated rings. The van der Waals surface area contributed by atoms with Crippen LogP contribution in [0.4, 0.5) is 0 Å². The fraction of sp³-hybridized carbons (Fsp3) is 0.917. The average Bonchev–Trinajstić information content (AvgIpc) is 2.88. The normalized spacial score (nSPS) is 34.4. The van der Waals surface area contributed by atoms with Crippen molar-refractivity contribution in [3.63, 3.8) is 0 Å². The molecule has 0 aliphatic heterocycles. The van der Waals surface area contributed by atoms with Crippen molar-refractivity contribution >= 4 is 5.91 Å². The predicted molar refractivity (Wildman–Crippen MR) is 63.4 cm³/mol. The summed E-state index contributed by atoms with van der Waals surface area (Å²) in [6.45, 7) is 2.95. The molecule has 2 aliphatic carbocycles. The largest absolute Gasteiger partial charge is 0.295 e. The Kier molecular flexibility index (Phi) is 3.50. The Hall–Kier alpha value is -0.610. The fourth-order valence-electron chi connectivity index (χ4n) is 3.45.